The molecule has 0 aliphatic carbocycles. The number of amides is 1. The minimum atomic E-state index is -3.76. The fraction of sp³-hybridized carbons (Fsp3) is 0.353. The maximum Gasteiger partial charge on any atom is 0.240 e. The lowest BCUT2D eigenvalue weighted by Crippen LogP contribution is -2.29. The van der Waals surface area contributed by atoms with Gasteiger partial charge in [-0.05, 0) is 54.6 Å². The second-order valence-electron chi connectivity index (χ2n) is 5.72. The Bertz CT molecular complexity index is 859. The molecule has 1 amide bonds. The van der Waals surface area contributed by atoms with Crippen molar-refractivity contribution in [3.8, 4) is 0 Å². The van der Waals surface area contributed by atoms with Crippen LogP contribution < -0.4 is 10.0 Å². The lowest BCUT2D eigenvalue weighted by molar-refractivity contribution is -0.115. The number of hydrogen-bond donors (Lipinski definition) is 3. The number of anilines is 1. The van der Waals surface area contributed by atoms with E-state index >= 15 is 0 Å². The van der Waals surface area contributed by atoms with Crippen LogP contribution in [-0.4, -0.2) is 26.0 Å². The number of rotatable bonds is 7. The minimum absolute atomic E-state index is 0.0998. The van der Waals surface area contributed by atoms with E-state index in [-0.39, 0.29) is 17.3 Å². The van der Waals surface area contributed by atoms with Gasteiger partial charge in [0.05, 0.1) is 4.90 Å². The van der Waals surface area contributed by atoms with Crippen LogP contribution in [0.4, 0.5) is 5.69 Å². The zero-order valence-electron chi connectivity index (χ0n) is 14.4. The zero-order valence-corrected chi connectivity index (χ0v) is 16.0. The van der Waals surface area contributed by atoms with Crippen LogP contribution in [0, 0.1) is 13.8 Å². The highest BCUT2D eigenvalue weighted by Gasteiger charge is 2.20. The number of aryl methyl sites for hydroxylation is 2. The van der Waals surface area contributed by atoms with Crippen molar-refractivity contribution in [1.82, 2.24) is 4.72 Å². The second-order valence-corrected chi connectivity index (χ2v) is 8.40. The molecule has 6 nitrogen and oxygen atoms in total. The number of nitrogens with one attached hydrogen (secondary N) is 2. The number of aliphatic hydroxyl groups is 1. The van der Waals surface area contributed by atoms with Gasteiger partial charge in [-0.15, -0.1) is 11.3 Å². The molecule has 0 saturated carbocycles. The van der Waals surface area contributed by atoms with Crippen LogP contribution in [-0.2, 0) is 14.8 Å². The smallest absolute Gasteiger partial charge is 0.240 e. The van der Waals surface area contributed by atoms with Crippen molar-refractivity contribution in [2.75, 3.05) is 11.9 Å². The van der Waals surface area contributed by atoms with Crippen LogP contribution in [0.2, 0.25) is 0 Å². The molecule has 0 aliphatic rings. The first-order valence-electron chi connectivity index (χ1n) is 7.86. The highest BCUT2D eigenvalue weighted by Crippen LogP contribution is 2.24. The molecule has 1 aromatic heterocycles. The summed E-state index contributed by atoms with van der Waals surface area (Å²) >= 11 is 1.39. The lowest BCUT2D eigenvalue weighted by Gasteiger charge is -2.14. The summed E-state index contributed by atoms with van der Waals surface area (Å²) in [6, 6.07) is 6.49. The van der Waals surface area contributed by atoms with Gasteiger partial charge in [0.2, 0.25) is 15.9 Å². The number of carbonyl (C=O) groups is 1. The van der Waals surface area contributed by atoms with E-state index in [4.69, 9.17) is 0 Å². The summed E-state index contributed by atoms with van der Waals surface area (Å²) in [4.78, 5) is 12.3. The monoisotopic (exact) mass is 382 g/mol. The molecule has 0 bridgehead atoms. The first-order chi connectivity index (χ1) is 11.7. The van der Waals surface area contributed by atoms with Gasteiger partial charge in [-0.25, -0.2) is 13.1 Å². The van der Waals surface area contributed by atoms with Crippen molar-refractivity contribution in [1.29, 1.82) is 0 Å². The third kappa shape index (κ3) is 4.88. The van der Waals surface area contributed by atoms with E-state index in [0.29, 0.717) is 17.7 Å². The molecule has 2 aromatic rings. The Morgan fingerprint density at radius 3 is 2.52 bits per heavy atom. The van der Waals surface area contributed by atoms with Crippen LogP contribution in [0.5, 0.6) is 0 Å². The average Bonchev–Trinajstić information content (AvgIpc) is 2.98. The number of thiophene rings is 1. The Kier molecular flexibility index (Phi) is 6.34. The van der Waals surface area contributed by atoms with Crippen molar-refractivity contribution in [3.63, 3.8) is 0 Å². The van der Waals surface area contributed by atoms with E-state index < -0.39 is 16.1 Å². The first-order valence-corrected chi connectivity index (χ1v) is 10.2. The van der Waals surface area contributed by atoms with E-state index in [1.807, 2.05) is 18.4 Å². The maximum absolute atomic E-state index is 12.5. The first kappa shape index (κ1) is 19.6. The molecule has 0 radical (unpaired) electrons. The van der Waals surface area contributed by atoms with E-state index in [0.717, 1.165) is 10.4 Å². The SMILES string of the molecule is CCC(=O)Nc1ccc(S(=O)(=O)NCC(O)c2sccc2C)c(C)c1. The summed E-state index contributed by atoms with van der Waals surface area (Å²) in [7, 11) is -3.76. The third-order valence-electron chi connectivity index (χ3n) is 3.74. The molecule has 136 valence electrons. The molecular formula is C17H22N2O4S2. The summed E-state index contributed by atoms with van der Waals surface area (Å²) < 4.78 is 27.4. The Labute approximate surface area is 151 Å². The van der Waals surface area contributed by atoms with Crippen LogP contribution in [0.25, 0.3) is 0 Å². The molecule has 0 aliphatic heterocycles. The van der Waals surface area contributed by atoms with Gasteiger partial charge in [0, 0.05) is 23.5 Å². The topological polar surface area (TPSA) is 95.5 Å². The molecule has 1 heterocycles. The number of sulfonamides is 1. The number of hydrogen-bond acceptors (Lipinski definition) is 5. The quantitative estimate of drug-likeness (QED) is 0.686. The second kappa shape index (κ2) is 8.09. The van der Waals surface area contributed by atoms with E-state index in [1.165, 1.54) is 17.4 Å². The Balaban J connectivity index is 2.11. The van der Waals surface area contributed by atoms with Crippen molar-refractivity contribution in [2.24, 2.45) is 0 Å². The zero-order chi connectivity index (χ0) is 18.6. The largest absolute Gasteiger partial charge is 0.386 e. The summed E-state index contributed by atoms with van der Waals surface area (Å²) in [5.74, 6) is -0.137. The van der Waals surface area contributed by atoms with Crippen LogP contribution in [0.15, 0.2) is 34.5 Å². The molecular weight excluding hydrogens is 360 g/mol. The molecule has 0 fully saturated rings. The molecule has 1 unspecified atom stereocenters. The van der Waals surface area contributed by atoms with Crippen molar-refractivity contribution in [2.45, 2.75) is 38.2 Å². The van der Waals surface area contributed by atoms with Gasteiger partial charge in [-0.3, -0.25) is 4.79 Å². The standard InChI is InChI=1S/C17H22N2O4S2/c1-4-16(21)19-13-5-6-15(12(3)9-13)25(22,23)18-10-14(20)17-11(2)7-8-24-17/h5-9,14,18,20H,4,10H2,1-3H3,(H,19,21). The highest BCUT2D eigenvalue weighted by atomic mass is 32.2. The average molecular weight is 383 g/mol. The number of aliphatic hydroxyl groups excluding tert-OH is 1. The molecule has 25 heavy (non-hydrogen) atoms. The van der Waals surface area contributed by atoms with Gasteiger partial charge in [-0.1, -0.05) is 6.92 Å². The summed E-state index contributed by atoms with van der Waals surface area (Å²) in [6.45, 7) is 5.18. The Hall–Kier alpha value is -1.74. The van der Waals surface area contributed by atoms with Crippen LogP contribution in [0.1, 0.15) is 35.5 Å². The third-order valence-corrected chi connectivity index (χ3v) is 6.44. The van der Waals surface area contributed by atoms with Crippen molar-refractivity contribution >= 4 is 33.0 Å². The molecule has 0 saturated heterocycles. The van der Waals surface area contributed by atoms with Gasteiger partial charge in [0.1, 0.15) is 6.10 Å². The van der Waals surface area contributed by atoms with Crippen molar-refractivity contribution < 1.29 is 18.3 Å². The number of carbonyl (C=O) groups excluding carboxylic acids is 1. The van der Waals surface area contributed by atoms with E-state index in [2.05, 4.69) is 10.0 Å². The molecule has 1 aromatic carbocycles. The summed E-state index contributed by atoms with van der Waals surface area (Å²) in [5, 5.41) is 14.7. The fourth-order valence-corrected chi connectivity index (χ4v) is 4.54. The van der Waals surface area contributed by atoms with Gasteiger partial charge in [0.25, 0.3) is 0 Å². The van der Waals surface area contributed by atoms with E-state index in [9.17, 15) is 18.3 Å². The summed E-state index contributed by atoms with van der Waals surface area (Å²) in [5.41, 5.74) is 2.00. The maximum atomic E-state index is 12.5. The van der Waals surface area contributed by atoms with E-state index in [1.54, 1.807) is 26.0 Å². The molecule has 0 spiro atoms. The van der Waals surface area contributed by atoms with Gasteiger partial charge < -0.3 is 10.4 Å². The predicted molar refractivity (Wildman–Crippen MR) is 99.3 cm³/mol. The van der Waals surface area contributed by atoms with Crippen molar-refractivity contribution in [3.05, 3.63) is 45.6 Å². The van der Waals surface area contributed by atoms with Crippen LogP contribution in [0.3, 0.4) is 0 Å². The fourth-order valence-electron chi connectivity index (χ4n) is 2.36. The molecule has 1 atom stereocenters. The minimum Gasteiger partial charge on any atom is -0.386 e. The molecule has 8 heteroatoms. The Morgan fingerprint density at radius 1 is 1.24 bits per heavy atom. The lowest BCUT2D eigenvalue weighted by atomic mass is 10.2. The van der Waals surface area contributed by atoms with Gasteiger partial charge >= 0.3 is 0 Å². The predicted octanol–water partition coefficient (Wildman–Crippen LogP) is 2.73. The van der Waals surface area contributed by atoms with Gasteiger partial charge in [0.15, 0.2) is 0 Å². The Morgan fingerprint density at radius 2 is 1.96 bits per heavy atom. The molecule has 2 rings (SSSR count). The van der Waals surface area contributed by atoms with Crippen LogP contribution >= 0.6 is 11.3 Å². The highest BCUT2D eigenvalue weighted by molar-refractivity contribution is 7.89. The molecule has 3 N–H and O–H groups in total. The normalized spacial score (nSPS) is 12.8. The van der Waals surface area contributed by atoms with Gasteiger partial charge in [-0.2, -0.15) is 0 Å². The number of benzene rings is 1. The summed E-state index contributed by atoms with van der Waals surface area (Å²) in [6.07, 6.45) is -0.543.